The minimum absolute atomic E-state index is 0.0114. The van der Waals surface area contributed by atoms with Crippen molar-refractivity contribution in [2.45, 2.75) is 23.1 Å². The number of hydrogen-bond donors (Lipinski definition) is 1. The summed E-state index contributed by atoms with van der Waals surface area (Å²) in [7, 11) is -4.01. The van der Waals surface area contributed by atoms with E-state index >= 15 is 0 Å². The third-order valence-corrected chi connectivity index (χ3v) is 8.02. The van der Waals surface area contributed by atoms with Crippen LogP contribution in [0.2, 0.25) is 10.8 Å². The molecule has 180 valence electrons. The Labute approximate surface area is 216 Å². The van der Waals surface area contributed by atoms with E-state index in [0.29, 0.717) is 22.7 Å². The van der Waals surface area contributed by atoms with Crippen molar-refractivity contribution in [3.63, 3.8) is 0 Å². The first-order chi connectivity index (χ1) is 16.9. The molecule has 3 aromatic carbocycles. The molecule has 0 aliphatic carbocycles. The average Bonchev–Trinajstić information content (AvgIpc) is 2.89. The van der Waals surface area contributed by atoms with Crippen LogP contribution in [0.1, 0.15) is 23.5 Å². The van der Waals surface area contributed by atoms with Gasteiger partial charge in [-0.15, -0.1) is 0 Å². The van der Waals surface area contributed by atoms with Crippen LogP contribution in [0.15, 0.2) is 104 Å². The van der Waals surface area contributed by atoms with E-state index in [4.69, 9.17) is 22.4 Å². The predicted octanol–water partition coefficient (Wildman–Crippen LogP) is 4.35. The zero-order valence-corrected chi connectivity index (χ0v) is 22.2. The third-order valence-electron chi connectivity index (χ3n) is 5.42. The van der Waals surface area contributed by atoms with Gasteiger partial charge in [0.25, 0.3) is 0 Å². The summed E-state index contributed by atoms with van der Waals surface area (Å²) in [6, 6.07) is 25.6. The maximum atomic E-state index is 13.0. The summed E-state index contributed by atoms with van der Waals surface area (Å²) < 4.78 is 30.5. The molecule has 0 spiro atoms. The molecular weight excluding hydrogens is 549 g/mol. The van der Waals surface area contributed by atoms with Gasteiger partial charge in [0, 0.05) is 0 Å². The van der Waals surface area contributed by atoms with Gasteiger partial charge in [-0.1, -0.05) is 0 Å². The first-order valence-corrected chi connectivity index (χ1v) is 15.2. The van der Waals surface area contributed by atoms with Crippen molar-refractivity contribution in [1.29, 1.82) is 0 Å². The Morgan fingerprint density at radius 3 is 2.29 bits per heavy atom. The first kappa shape index (κ1) is 25.1. The first-order valence-electron chi connectivity index (χ1n) is 10.8. The summed E-state index contributed by atoms with van der Waals surface area (Å²) in [4.78, 5) is 4.44. The summed E-state index contributed by atoms with van der Waals surface area (Å²) >= 11 is 6.00. The molecule has 0 aromatic heterocycles. The molecule has 0 fully saturated rings. The molecule has 0 bridgehead atoms. The Bertz CT molecular complexity index is 1360. The number of benzene rings is 3. The third kappa shape index (κ3) is 6.18. The summed E-state index contributed by atoms with van der Waals surface area (Å²) in [6.07, 6.45) is 0.683. The molecule has 0 radical (unpaired) electrons. The van der Waals surface area contributed by atoms with Crippen molar-refractivity contribution in [1.82, 2.24) is 5.01 Å². The van der Waals surface area contributed by atoms with Crippen molar-refractivity contribution in [2.24, 2.45) is 20.2 Å². The SMILES string of the molecule is C[Se]/C(N)=N\C(=N\S(=O)(=O)c1ccccc1)N1CCC(c2ccccc2)C(c2ccc(Cl)cc2)=N1. The van der Waals surface area contributed by atoms with E-state index in [-0.39, 0.29) is 31.7 Å². The van der Waals surface area contributed by atoms with Gasteiger partial charge >= 0.3 is 217 Å². The number of nitrogens with zero attached hydrogens (tertiary/aromatic N) is 4. The number of guanidine groups is 1. The zero-order chi connectivity index (χ0) is 24.8. The van der Waals surface area contributed by atoms with Crippen LogP contribution < -0.4 is 5.73 Å². The fourth-order valence-corrected chi connectivity index (χ4v) is 5.14. The van der Waals surface area contributed by atoms with Gasteiger partial charge in [0.05, 0.1) is 0 Å². The van der Waals surface area contributed by atoms with Gasteiger partial charge in [0.2, 0.25) is 0 Å². The maximum absolute atomic E-state index is 13.0. The predicted molar refractivity (Wildman–Crippen MR) is 143 cm³/mol. The summed E-state index contributed by atoms with van der Waals surface area (Å²) in [6.45, 7) is 0.424. The average molecular weight is 573 g/mol. The van der Waals surface area contributed by atoms with Crippen molar-refractivity contribution in [3.05, 3.63) is 101 Å². The van der Waals surface area contributed by atoms with E-state index in [2.05, 4.69) is 21.5 Å². The second-order valence-corrected chi connectivity index (χ2v) is 11.5. The van der Waals surface area contributed by atoms with Crippen molar-refractivity contribution < 1.29 is 8.42 Å². The number of hydrogen-bond acceptors (Lipinski definition) is 3. The fourth-order valence-electron chi connectivity index (χ4n) is 3.69. The number of rotatable bonds is 5. The van der Waals surface area contributed by atoms with Gasteiger partial charge in [0.15, 0.2) is 0 Å². The van der Waals surface area contributed by atoms with Crippen molar-refractivity contribution in [3.8, 4) is 0 Å². The molecule has 10 heteroatoms. The van der Waals surface area contributed by atoms with E-state index in [1.165, 1.54) is 17.1 Å². The van der Waals surface area contributed by atoms with Crippen LogP contribution in [0.25, 0.3) is 0 Å². The number of sulfonamides is 1. The molecule has 0 amide bonds. The van der Waals surface area contributed by atoms with E-state index < -0.39 is 10.0 Å². The molecule has 35 heavy (non-hydrogen) atoms. The molecule has 1 unspecified atom stereocenters. The number of halogens is 1. The quantitative estimate of drug-likeness (QED) is 0.279. The molecule has 1 aliphatic rings. The van der Waals surface area contributed by atoms with E-state index in [9.17, 15) is 8.42 Å². The van der Waals surface area contributed by atoms with Gasteiger partial charge < -0.3 is 0 Å². The summed E-state index contributed by atoms with van der Waals surface area (Å²) in [5, 5.41) is 7.01. The molecule has 7 nitrogen and oxygen atoms in total. The van der Waals surface area contributed by atoms with Crippen LogP contribution in [-0.4, -0.2) is 51.3 Å². The van der Waals surface area contributed by atoms with E-state index in [1.54, 1.807) is 18.2 Å². The number of aliphatic imine (C=N–C) groups is 1. The Hall–Kier alpha value is -2.97. The second-order valence-electron chi connectivity index (χ2n) is 7.70. The molecular formula is C25H24ClN5O2SSe. The van der Waals surface area contributed by atoms with Gasteiger partial charge in [0.1, 0.15) is 0 Å². The molecule has 0 saturated carbocycles. The standard InChI is InChI=1S/C25H24ClN5O2SSe/c1-35-24(27)28-25(30-34(32,33)21-10-6-3-7-11-21)31-17-16-22(18-8-4-2-5-9-18)23(29-31)19-12-14-20(26)15-13-19/h2-15,22H,16-17H2,1H3,(H2,27,28,30). The molecule has 1 heterocycles. The van der Waals surface area contributed by atoms with Crippen LogP contribution in [0.3, 0.4) is 0 Å². The molecule has 1 atom stereocenters. The van der Waals surface area contributed by atoms with Crippen LogP contribution in [0.5, 0.6) is 0 Å². The number of nitrogens with two attached hydrogens (primary N) is 1. The second kappa shape index (κ2) is 11.2. The van der Waals surface area contributed by atoms with Crippen LogP contribution >= 0.6 is 11.6 Å². The van der Waals surface area contributed by atoms with Crippen molar-refractivity contribution in [2.75, 3.05) is 6.54 Å². The Balaban J connectivity index is 1.83. The Kier molecular flexibility index (Phi) is 8.03. The number of amidine groups is 1. The van der Waals surface area contributed by atoms with Crippen molar-refractivity contribution >= 4 is 53.0 Å². The van der Waals surface area contributed by atoms with Gasteiger partial charge in [-0.3, -0.25) is 0 Å². The molecule has 1 aliphatic heterocycles. The van der Waals surface area contributed by atoms with Crippen LogP contribution in [0, 0.1) is 0 Å². The minimum atomic E-state index is -4.01. The fraction of sp³-hybridized carbons (Fsp3) is 0.160. The van der Waals surface area contributed by atoms with Crippen LogP contribution in [0.4, 0.5) is 0 Å². The van der Waals surface area contributed by atoms with E-state index in [0.717, 1.165) is 16.8 Å². The van der Waals surface area contributed by atoms with Gasteiger partial charge in [-0.25, -0.2) is 0 Å². The monoisotopic (exact) mass is 573 g/mol. The zero-order valence-electron chi connectivity index (χ0n) is 19.0. The molecule has 2 N–H and O–H groups in total. The number of hydrazone groups is 1. The molecule has 3 aromatic rings. The van der Waals surface area contributed by atoms with Gasteiger partial charge in [-0.2, -0.15) is 0 Å². The Morgan fingerprint density at radius 2 is 1.66 bits per heavy atom. The van der Waals surface area contributed by atoms with Crippen LogP contribution in [-0.2, 0) is 10.0 Å². The van der Waals surface area contributed by atoms with E-state index in [1.807, 2.05) is 48.3 Å². The molecule has 4 rings (SSSR count). The normalized spacial score (nSPS) is 17.3. The topological polar surface area (TPSA) is 100 Å². The summed E-state index contributed by atoms with van der Waals surface area (Å²) in [5.41, 5.74) is 8.81. The molecule has 0 saturated heterocycles. The Morgan fingerprint density at radius 1 is 1.03 bits per heavy atom. The summed E-state index contributed by atoms with van der Waals surface area (Å²) in [5.74, 6) is 1.87. The van der Waals surface area contributed by atoms with Gasteiger partial charge in [-0.05, 0) is 0 Å².